The number of aromatic nitrogens is 2. The number of hydrogen-bond donors (Lipinski definition) is 2. The van der Waals surface area contributed by atoms with Crippen LogP contribution in [0.3, 0.4) is 0 Å². The number of carbonyl (C=O) groups is 1. The highest BCUT2D eigenvalue weighted by Crippen LogP contribution is 2.17. The molecule has 0 aliphatic rings. The molecule has 0 unspecified atom stereocenters. The first kappa shape index (κ1) is 18.0. The second-order valence-electron chi connectivity index (χ2n) is 5.81. The smallest absolute Gasteiger partial charge is 0.330 e. The van der Waals surface area contributed by atoms with Crippen molar-refractivity contribution in [3.8, 4) is 0 Å². The number of anilines is 2. The minimum atomic E-state index is -0.732. The molecule has 3 rings (SSSR count). The van der Waals surface area contributed by atoms with Crippen LogP contribution in [0.15, 0.2) is 68.8 Å². The Bertz CT molecular complexity index is 1080. The van der Waals surface area contributed by atoms with Crippen molar-refractivity contribution >= 4 is 23.5 Å². The number of nitrogens with one attached hydrogen (secondary N) is 1. The molecule has 0 saturated carbocycles. The fraction of sp³-hybridized carbons (Fsp3) is 0.105. The number of nitrogens with two attached hydrogens (primary N) is 1. The van der Waals surface area contributed by atoms with E-state index in [1.807, 2.05) is 30.3 Å². The van der Waals surface area contributed by atoms with Gasteiger partial charge in [-0.2, -0.15) is 0 Å². The first-order valence-corrected chi connectivity index (χ1v) is 8.13. The number of nitrogens with zero attached hydrogens (tertiary/aromatic N) is 2. The minimum Gasteiger partial charge on any atom is -0.465 e. The van der Waals surface area contributed by atoms with Gasteiger partial charge in [0.25, 0.3) is 11.5 Å². The van der Waals surface area contributed by atoms with Crippen molar-refractivity contribution in [2.24, 2.45) is 0 Å². The van der Waals surface area contributed by atoms with E-state index < -0.39 is 17.2 Å². The van der Waals surface area contributed by atoms with Crippen LogP contribution in [-0.4, -0.2) is 22.5 Å². The van der Waals surface area contributed by atoms with Gasteiger partial charge in [-0.05, 0) is 23.8 Å². The molecular formula is C19H18N4O4. The largest absolute Gasteiger partial charge is 0.465 e. The van der Waals surface area contributed by atoms with Crippen molar-refractivity contribution in [2.45, 2.75) is 6.54 Å². The van der Waals surface area contributed by atoms with E-state index in [1.54, 1.807) is 12.1 Å². The van der Waals surface area contributed by atoms with E-state index in [2.05, 4.69) is 4.98 Å². The van der Waals surface area contributed by atoms with Gasteiger partial charge in [0.1, 0.15) is 11.6 Å². The summed E-state index contributed by atoms with van der Waals surface area (Å²) in [7, 11) is 1.41. The van der Waals surface area contributed by atoms with E-state index in [9.17, 15) is 14.4 Å². The Morgan fingerprint density at radius 2 is 1.96 bits per heavy atom. The fourth-order valence-corrected chi connectivity index (χ4v) is 2.59. The Kier molecular flexibility index (Phi) is 5.07. The van der Waals surface area contributed by atoms with Crippen LogP contribution in [0.25, 0.3) is 6.08 Å². The van der Waals surface area contributed by atoms with E-state index in [0.29, 0.717) is 5.76 Å². The molecule has 138 valence electrons. The zero-order valence-corrected chi connectivity index (χ0v) is 14.6. The zero-order chi connectivity index (χ0) is 19.4. The van der Waals surface area contributed by atoms with E-state index >= 15 is 0 Å². The average molecular weight is 366 g/mol. The van der Waals surface area contributed by atoms with Crippen molar-refractivity contribution in [1.82, 2.24) is 9.55 Å². The summed E-state index contributed by atoms with van der Waals surface area (Å²) in [4.78, 5) is 40.1. The molecule has 0 saturated heterocycles. The molecule has 8 heteroatoms. The van der Waals surface area contributed by atoms with Crippen LogP contribution in [0.5, 0.6) is 0 Å². The molecule has 8 nitrogen and oxygen atoms in total. The lowest BCUT2D eigenvalue weighted by molar-refractivity contribution is -0.113. The molecular weight excluding hydrogens is 348 g/mol. The molecule has 0 radical (unpaired) electrons. The Hall–Kier alpha value is -3.81. The molecule has 0 atom stereocenters. The summed E-state index contributed by atoms with van der Waals surface area (Å²) >= 11 is 0. The number of benzene rings is 1. The maximum Gasteiger partial charge on any atom is 0.330 e. The van der Waals surface area contributed by atoms with E-state index in [4.69, 9.17) is 10.2 Å². The maximum atomic E-state index is 12.4. The van der Waals surface area contributed by atoms with Crippen molar-refractivity contribution in [2.75, 3.05) is 17.7 Å². The van der Waals surface area contributed by atoms with Crippen molar-refractivity contribution in [3.05, 3.63) is 87.0 Å². The summed E-state index contributed by atoms with van der Waals surface area (Å²) in [5.74, 6) is -0.0870. The molecule has 2 heterocycles. The second-order valence-corrected chi connectivity index (χ2v) is 5.81. The normalized spacial score (nSPS) is 11.0. The summed E-state index contributed by atoms with van der Waals surface area (Å²) in [5, 5.41) is 0. The number of furan rings is 1. The number of carbonyl (C=O) groups excluding carboxylic acids is 1. The van der Waals surface area contributed by atoms with Crippen molar-refractivity contribution in [3.63, 3.8) is 0 Å². The summed E-state index contributed by atoms with van der Waals surface area (Å²) in [6.07, 6.45) is 4.21. The third-order valence-electron chi connectivity index (χ3n) is 4.00. The number of hydrogen-bond acceptors (Lipinski definition) is 5. The van der Waals surface area contributed by atoms with Gasteiger partial charge >= 0.3 is 5.69 Å². The maximum absolute atomic E-state index is 12.4. The predicted octanol–water partition coefficient (Wildman–Crippen LogP) is 1.44. The second kappa shape index (κ2) is 7.61. The minimum absolute atomic E-state index is 0.0881. The third kappa shape index (κ3) is 3.90. The molecule has 27 heavy (non-hydrogen) atoms. The molecule has 2 aromatic heterocycles. The number of nitrogen functional groups attached to an aromatic ring is 1. The Balaban J connectivity index is 1.95. The number of aromatic amines is 1. The number of likely N-dealkylation sites (N-methyl/N-ethyl adjacent to an activating group) is 1. The highest BCUT2D eigenvalue weighted by molar-refractivity contribution is 6.04. The van der Waals surface area contributed by atoms with Gasteiger partial charge in [0.05, 0.1) is 12.8 Å². The first-order chi connectivity index (χ1) is 13.0. The van der Waals surface area contributed by atoms with Gasteiger partial charge in [0.2, 0.25) is 0 Å². The zero-order valence-electron chi connectivity index (χ0n) is 14.6. The van der Waals surface area contributed by atoms with Crippen LogP contribution in [0.2, 0.25) is 0 Å². The molecule has 3 aromatic rings. The summed E-state index contributed by atoms with van der Waals surface area (Å²) < 4.78 is 6.34. The summed E-state index contributed by atoms with van der Waals surface area (Å²) in [5.41, 5.74) is 5.43. The fourth-order valence-electron chi connectivity index (χ4n) is 2.59. The lowest BCUT2D eigenvalue weighted by atomic mass is 10.2. The van der Waals surface area contributed by atoms with Gasteiger partial charge in [0.15, 0.2) is 5.69 Å². The molecule has 0 spiro atoms. The van der Waals surface area contributed by atoms with Gasteiger partial charge in [-0.3, -0.25) is 19.1 Å². The molecule has 0 fully saturated rings. The van der Waals surface area contributed by atoms with Gasteiger partial charge in [-0.1, -0.05) is 30.3 Å². The first-order valence-electron chi connectivity index (χ1n) is 8.13. The molecule has 0 aliphatic heterocycles. The van der Waals surface area contributed by atoms with Crippen LogP contribution >= 0.6 is 0 Å². The summed E-state index contributed by atoms with van der Waals surface area (Å²) in [6, 6.07) is 12.6. The van der Waals surface area contributed by atoms with Crippen molar-refractivity contribution < 1.29 is 9.21 Å². The Morgan fingerprint density at radius 1 is 1.22 bits per heavy atom. The third-order valence-corrected chi connectivity index (χ3v) is 4.00. The van der Waals surface area contributed by atoms with Crippen LogP contribution < -0.4 is 21.9 Å². The van der Waals surface area contributed by atoms with Crippen LogP contribution in [0.4, 0.5) is 11.5 Å². The molecule has 1 aromatic carbocycles. The molecule has 0 aliphatic carbocycles. The number of amides is 1. The van der Waals surface area contributed by atoms with Gasteiger partial charge < -0.3 is 15.1 Å². The van der Waals surface area contributed by atoms with E-state index in [0.717, 1.165) is 10.5 Å². The van der Waals surface area contributed by atoms with Gasteiger partial charge in [-0.25, -0.2) is 4.79 Å². The van der Waals surface area contributed by atoms with Gasteiger partial charge in [-0.15, -0.1) is 0 Å². The molecule has 1 amide bonds. The lowest BCUT2D eigenvalue weighted by Crippen LogP contribution is -2.39. The quantitative estimate of drug-likeness (QED) is 0.663. The Morgan fingerprint density at radius 3 is 2.63 bits per heavy atom. The SMILES string of the molecule is CN(C(=O)C=Cc1ccco1)c1c(N)n(Cc2ccccc2)c(=O)[nH]c1=O. The standard InChI is InChI=1S/C19H18N4O4/c1-22(15(24)10-9-14-8-5-11-27-14)16-17(20)23(19(26)21-18(16)25)12-13-6-3-2-4-7-13/h2-11H,12,20H2,1H3,(H,21,25,26). The topological polar surface area (TPSA) is 114 Å². The van der Waals surface area contributed by atoms with Crippen LogP contribution in [0.1, 0.15) is 11.3 Å². The molecule has 3 N–H and O–H groups in total. The average Bonchev–Trinajstić information content (AvgIpc) is 3.17. The highest BCUT2D eigenvalue weighted by Gasteiger charge is 2.19. The Labute approximate surface area is 154 Å². The summed E-state index contributed by atoms with van der Waals surface area (Å²) in [6.45, 7) is 0.166. The lowest BCUT2D eigenvalue weighted by Gasteiger charge is -2.19. The monoisotopic (exact) mass is 366 g/mol. The molecule has 0 bridgehead atoms. The number of rotatable bonds is 5. The van der Waals surface area contributed by atoms with Gasteiger partial charge in [0, 0.05) is 13.1 Å². The van der Waals surface area contributed by atoms with Crippen LogP contribution in [0, 0.1) is 0 Å². The van der Waals surface area contributed by atoms with E-state index in [-0.39, 0.29) is 18.1 Å². The van der Waals surface area contributed by atoms with Crippen molar-refractivity contribution in [1.29, 1.82) is 0 Å². The van der Waals surface area contributed by atoms with Crippen LogP contribution in [-0.2, 0) is 11.3 Å². The highest BCUT2D eigenvalue weighted by atomic mass is 16.3. The predicted molar refractivity (Wildman–Crippen MR) is 102 cm³/mol. The number of H-pyrrole nitrogens is 1. The van der Waals surface area contributed by atoms with E-state index in [1.165, 1.54) is 30.0 Å².